The number of ether oxygens (including phenoxy) is 2. The van der Waals surface area contributed by atoms with Crippen LogP contribution in [0.5, 0.6) is 0 Å². The molecule has 0 aromatic heterocycles. The van der Waals surface area contributed by atoms with Crippen LogP contribution in [0.15, 0.2) is 0 Å². The van der Waals surface area contributed by atoms with Crippen molar-refractivity contribution in [2.24, 2.45) is 11.8 Å². The zero-order valence-corrected chi connectivity index (χ0v) is 39.4. The lowest BCUT2D eigenvalue weighted by molar-refractivity contribution is -0.146. The van der Waals surface area contributed by atoms with Crippen LogP contribution in [0.4, 0.5) is 0 Å². The number of carbonyl (C=O) groups excluding carboxylic acids is 2. The average molecular weight is 821 g/mol. The molecule has 1 N–H and O–H groups in total. The lowest BCUT2D eigenvalue weighted by atomic mass is 9.95. The predicted molar refractivity (Wildman–Crippen MR) is 247 cm³/mol. The van der Waals surface area contributed by atoms with Gasteiger partial charge in [-0.3, -0.25) is 19.4 Å². The van der Waals surface area contributed by atoms with Gasteiger partial charge in [-0.25, -0.2) is 0 Å². The maximum absolute atomic E-state index is 12.7. The Morgan fingerprint density at radius 2 is 0.845 bits per heavy atom. The third kappa shape index (κ3) is 34.5. The Balaban J connectivity index is 2.29. The minimum atomic E-state index is -0.0220. The summed E-state index contributed by atoms with van der Waals surface area (Å²) in [5.74, 6) is 1.02. The van der Waals surface area contributed by atoms with Crippen LogP contribution in [0.1, 0.15) is 246 Å². The predicted octanol–water partition coefficient (Wildman–Crippen LogP) is 13.6. The van der Waals surface area contributed by atoms with Crippen molar-refractivity contribution in [2.45, 2.75) is 252 Å². The van der Waals surface area contributed by atoms with E-state index in [0.29, 0.717) is 50.5 Å². The van der Waals surface area contributed by atoms with Gasteiger partial charge >= 0.3 is 11.9 Å². The molecule has 0 spiro atoms. The van der Waals surface area contributed by atoms with Crippen LogP contribution in [0.25, 0.3) is 0 Å². The van der Waals surface area contributed by atoms with E-state index >= 15 is 0 Å². The molecule has 1 saturated carbocycles. The van der Waals surface area contributed by atoms with E-state index in [2.05, 4.69) is 37.5 Å². The van der Waals surface area contributed by atoms with Crippen LogP contribution in [-0.4, -0.2) is 85.4 Å². The molecule has 7 heteroatoms. The molecule has 58 heavy (non-hydrogen) atoms. The molecular formula is C51H100N2O5. The molecule has 1 aliphatic carbocycles. The standard InChI is InChI=1S/C51H100N2O5/c1-5-9-13-17-19-25-33-47(31-23-15-11-7-3)45-57-50(55)35-27-21-29-39-52(43-44-54)41-42-53(49-37-38-49)40-30-22-28-36-51(56)58-46-48(32-24-16-12-8-4)34-26-20-18-14-10-6-2/h47-49,54H,5-46H2,1-4H3. The van der Waals surface area contributed by atoms with Gasteiger partial charge < -0.3 is 14.6 Å². The molecule has 1 fully saturated rings. The Kier molecular flexibility index (Phi) is 38.9. The molecule has 344 valence electrons. The maximum Gasteiger partial charge on any atom is 0.305 e. The first-order valence-electron chi connectivity index (χ1n) is 25.9. The van der Waals surface area contributed by atoms with E-state index in [9.17, 15) is 14.7 Å². The van der Waals surface area contributed by atoms with E-state index in [0.717, 1.165) is 64.7 Å². The fraction of sp³-hybridized carbons (Fsp3) is 0.961. The van der Waals surface area contributed by atoms with Gasteiger partial charge in [0.15, 0.2) is 0 Å². The Hall–Kier alpha value is -1.18. The highest BCUT2D eigenvalue weighted by atomic mass is 16.5. The first kappa shape index (κ1) is 54.8. The number of unbranched alkanes of at least 4 members (excludes halogenated alkanes) is 20. The average Bonchev–Trinajstić information content (AvgIpc) is 4.07. The van der Waals surface area contributed by atoms with Gasteiger partial charge in [-0.15, -0.1) is 0 Å². The number of hydrogen-bond acceptors (Lipinski definition) is 7. The molecule has 7 nitrogen and oxygen atoms in total. The summed E-state index contributed by atoms with van der Waals surface area (Å²) in [6.45, 7) is 15.2. The minimum Gasteiger partial charge on any atom is -0.465 e. The number of hydrogen-bond donors (Lipinski definition) is 1. The second-order valence-corrected chi connectivity index (χ2v) is 18.4. The molecule has 0 saturated heterocycles. The normalized spacial score (nSPS) is 14.1. The molecule has 0 heterocycles. The van der Waals surface area contributed by atoms with Crippen LogP contribution >= 0.6 is 0 Å². The Bertz CT molecular complexity index is 898. The van der Waals surface area contributed by atoms with E-state index in [1.807, 2.05) is 0 Å². The number of aliphatic hydroxyl groups excluding tert-OH is 1. The van der Waals surface area contributed by atoms with Gasteiger partial charge in [0.05, 0.1) is 19.8 Å². The monoisotopic (exact) mass is 821 g/mol. The van der Waals surface area contributed by atoms with Gasteiger partial charge in [0.1, 0.15) is 0 Å². The van der Waals surface area contributed by atoms with Crippen molar-refractivity contribution in [2.75, 3.05) is 52.5 Å². The summed E-state index contributed by atoms with van der Waals surface area (Å²) in [5, 5.41) is 9.78. The van der Waals surface area contributed by atoms with Crippen LogP contribution in [-0.2, 0) is 19.1 Å². The van der Waals surface area contributed by atoms with Gasteiger partial charge in [-0.2, -0.15) is 0 Å². The van der Waals surface area contributed by atoms with Gasteiger partial charge in [-0.05, 0) is 89.1 Å². The number of carbonyl (C=O) groups is 2. The van der Waals surface area contributed by atoms with Crippen molar-refractivity contribution < 1.29 is 24.2 Å². The Morgan fingerprint density at radius 1 is 0.466 bits per heavy atom. The first-order chi connectivity index (χ1) is 28.5. The highest BCUT2D eigenvalue weighted by Crippen LogP contribution is 2.27. The molecule has 2 atom stereocenters. The van der Waals surface area contributed by atoms with E-state index in [1.165, 1.54) is 167 Å². The summed E-state index contributed by atoms with van der Waals surface area (Å²) in [5.41, 5.74) is 0. The summed E-state index contributed by atoms with van der Waals surface area (Å²) in [6.07, 6.45) is 40.5. The Morgan fingerprint density at radius 3 is 1.26 bits per heavy atom. The summed E-state index contributed by atoms with van der Waals surface area (Å²) < 4.78 is 11.7. The number of nitrogens with zero attached hydrogens (tertiary/aromatic N) is 2. The minimum absolute atomic E-state index is 0.00213. The lowest BCUT2D eigenvalue weighted by Crippen LogP contribution is -2.38. The van der Waals surface area contributed by atoms with Crippen molar-refractivity contribution >= 4 is 11.9 Å². The fourth-order valence-electron chi connectivity index (χ4n) is 8.54. The fourth-order valence-corrected chi connectivity index (χ4v) is 8.54. The quantitative estimate of drug-likeness (QED) is 0.0484. The summed E-state index contributed by atoms with van der Waals surface area (Å²) >= 11 is 0. The van der Waals surface area contributed by atoms with Gasteiger partial charge in [0.25, 0.3) is 0 Å². The molecule has 0 aliphatic heterocycles. The third-order valence-electron chi connectivity index (χ3n) is 12.7. The molecule has 1 aliphatic rings. The van der Waals surface area contributed by atoms with Crippen LogP contribution < -0.4 is 0 Å². The van der Waals surface area contributed by atoms with Crippen LogP contribution in [0.3, 0.4) is 0 Å². The highest BCUT2D eigenvalue weighted by Gasteiger charge is 2.28. The maximum atomic E-state index is 12.7. The molecule has 0 amide bonds. The van der Waals surface area contributed by atoms with Crippen molar-refractivity contribution in [1.29, 1.82) is 0 Å². The topological polar surface area (TPSA) is 79.3 Å². The lowest BCUT2D eigenvalue weighted by Gasteiger charge is -2.27. The summed E-state index contributed by atoms with van der Waals surface area (Å²) in [6, 6.07) is 0.703. The molecule has 0 bridgehead atoms. The Labute approximate surface area is 361 Å². The highest BCUT2D eigenvalue weighted by molar-refractivity contribution is 5.69. The van der Waals surface area contributed by atoms with E-state index in [1.54, 1.807) is 0 Å². The molecule has 0 aromatic carbocycles. The zero-order chi connectivity index (χ0) is 42.2. The van der Waals surface area contributed by atoms with Gasteiger partial charge in [0.2, 0.25) is 0 Å². The molecule has 0 radical (unpaired) electrons. The number of rotatable bonds is 46. The first-order valence-corrected chi connectivity index (χ1v) is 25.9. The van der Waals surface area contributed by atoms with Crippen LogP contribution in [0.2, 0.25) is 0 Å². The van der Waals surface area contributed by atoms with Crippen LogP contribution in [0, 0.1) is 11.8 Å². The van der Waals surface area contributed by atoms with Crippen molar-refractivity contribution in [3.63, 3.8) is 0 Å². The SMILES string of the molecule is CCCCCCCCC(CCCCCC)COC(=O)CCCCCN(CCO)CCN(CCCCCC(=O)OCC(CCCCCC)CCCCCCCC)C1CC1. The molecule has 0 aromatic rings. The smallest absolute Gasteiger partial charge is 0.305 e. The van der Waals surface area contributed by atoms with Crippen molar-refractivity contribution in [1.82, 2.24) is 9.80 Å². The van der Waals surface area contributed by atoms with Gasteiger partial charge in [-0.1, -0.05) is 169 Å². The largest absolute Gasteiger partial charge is 0.465 e. The number of aliphatic hydroxyl groups is 1. The van der Waals surface area contributed by atoms with E-state index in [4.69, 9.17) is 9.47 Å². The van der Waals surface area contributed by atoms with E-state index in [-0.39, 0.29) is 18.5 Å². The van der Waals surface area contributed by atoms with E-state index < -0.39 is 0 Å². The molecule has 2 unspecified atom stereocenters. The second-order valence-electron chi connectivity index (χ2n) is 18.4. The second kappa shape index (κ2) is 41.2. The summed E-state index contributed by atoms with van der Waals surface area (Å²) in [4.78, 5) is 30.4. The zero-order valence-electron chi connectivity index (χ0n) is 39.4. The third-order valence-corrected chi connectivity index (χ3v) is 12.7. The summed E-state index contributed by atoms with van der Waals surface area (Å²) in [7, 11) is 0. The molecular weight excluding hydrogens is 721 g/mol. The van der Waals surface area contributed by atoms with Crippen molar-refractivity contribution in [3.8, 4) is 0 Å². The van der Waals surface area contributed by atoms with Crippen molar-refractivity contribution in [3.05, 3.63) is 0 Å². The van der Waals surface area contributed by atoms with Gasteiger partial charge in [0, 0.05) is 38.5 Å². The molecule has 1 rings (SSSR count). The number of esters is 2.